The van der Waals surface area contributed by atoms with Gasteiger partial charge in [-0.3, -0.25) is 9.79 Å². The van der Waals surface area contributed by atoms with Gasteiger partial charge in [0.2, 0.25) is 0 Å². The Labute approximate surface area is 70.1 Å². The van der Waals surface area contributed by atoms with Crippen molar-refractivity contribution >= 4 is 11.9 Å². The fourth-order valence-electron chi connectivity index (χ4n) is 0.220. The zero-order chi connectivity index (χ0) is 7.28. The molecule has 0 rings (SSSR count). The molecule has 52 valence electrons. The molecular formula is C4H7LiN2O3. The second-order valence-corrected chi connectivity index (χ2v) is 1.31. The Balaban J connectivity index is 0. The van der Waals surface area contributed by atoms with Crippen molar-refractivity contribution in [3.63, 3.8) is 0 Å². The number of hydrogen-bond donors (Lipinski definition) is 2. The number of aliphatic carboxylic acids is 1. The van der Waals surface area contributed by atoms with Crippen molar-refractivity contribution in [3.8, 4) is 0 Å². The molecule has 0 aromatic carbocycles. The van der Waals surface area contributed by atoms with Gasteiger partial charge in [-0.1, -0.05) is 0 Å². The van der Waals surface area contributed by atoms with Crippen LogP contribution in [0.1, 0.15) is 0 Å². The molecule has 0 unspecified atom stereocenters. The minimum Gasteiger partial charge on any atom is -0.861 e. The number of nitrogens with zero attached hydrogens (tertiary/aromatic N) is 1. The van der Waals surface area contributed by atoms with E-state index in [1.165, 1.54) is 0 Å². The molecule has 0 aromatic heterocycles. The first-order valence-electron chi connectivity index (χ1n) is 2.29. The maximum atomic E-state index is 10.2. The predicted octanol–water partition coefficient (Wildman–Crippen LogP) is -5.21. The number of carboxylic acids is 1. The first-order chi connectivity index (χ1) is 4.16. The number of hydrogen-bond acceptors (Lipinski definition) is 4. The van der Waals surface area contributed by atoms with Crippen molar-refractivity contribution in [2.45, 2.75) is 0 Å². The van der Waals surface area contributed by atoms with Gasteiger partial charge in [0.25, 0.3) is 0 Å². The van der Waals surface area contributed by atoms with E-state index in [0.717, 1.165) is 0 Å². The average molecular weight is 138 g/mol. The van der Waals surface area contributed by atoms with E-state index in [4.69, 9.17) is 10.8 Å². The van der Waals surface area contributed by atoms with Crippen molar-refractivity contribution in [1.82, 2.24) is 0 Å². The molecule has 5 nitrogen and oxygen atoms in total. The normalized spacial score (nSPS) is 10.3. The average Bonchev–Trinajstić information content (AvgIpc) is 1.83. The third kappa shape index (κ3) is 7.50. The van der Waals surface area contributed by atoms with Gasteiger partial charge in [-0.15, -0.1) is 0 Å². The van der Waals surface area contributed by atoms with Crippen LogP contribution < -0.4 is 29.7 Å². The van der Waals surface area contributed by atoms with Gasteiger partial charge in [0.1, 0.15) is 6.54 Å². The van der Waals surface area contributed by atoms with Crippen molar-refractivity contribution in [3.05, 3.63) is 0 Å². The summed E-state index contributed by atoms with van der Waals surface area (Å²) in [5.74, 6) is -1.71. The Kier molecular flexibility index (Phi) is 8.07. The molecule has 10 heavy (non-hydrogen) atoms. The predicted molar refractivity (Wildman–Crippen MR) is 29.0 cm³/mol. The van der Waals surface area contributed by atoms with E-state index in [2.05, 4.69) is 4.99 Å². The summed E-state index contributed by atoms with van der Waals surface area (Å²) in [6, 6.07) is 0. The number of aliphatic imine (C=N–C) groups is 1. The molecular weight excluding hydrogens is 131 g/mol. The second kappa shape index (κ2) is 6.62. The van der Waals surface area contributed by atoms with Crippen LogP contribution >= 0.6 is 0 Å². The van der Waals surface area contributed by atoms with E-state index in [1.807, 2.05) is 0 Å². The van der Waals surface area contributed by atoms with E-state index in [-0.39, 0.29) is 25.4 Å². The molecule has 6 heteroatoms. The summed E-state index contributed by atoms with van der Waals surface area (Å²) in [7, 11) is 0. The summed E-state index contributed by atoms with van der Waals surface area (Å²) in [6.45, 7) is -0.719. The van der Waals surface area contributed by atoms with Gasteiger partial charge in [-0.2, -0.15) is 0 Å². The quantitative estimate of drug-likeness (QED) is 0.231. The van der Waals surface area contributed by atoms with E-state index >= 15 is 0 Å². The molecule has 0 radical (unpaired) electrons. The van der Waals surface area contributed by atoms with Crippen LogP contribution in [0.2, 0.25) is 0 Å². The molecule has 0 atom stereocenters. The van der Waals surface area contributed by atoms with Gasteiger partial charge in [-0.25, -0.2) is 0 Å². The van der Waals surface area contributed by atoms with Crippen LogP contribution in [-0.2, 0) is 4.79 Å². The standard InChI is InChI=1S/C4H8N2O3.Li/c5-1-3(7)6-2-4(8)9;/h1-2,5H2,(H,6,7)(H,8,9);/q;+1/p-1. The topological polar surface area (TPSA) is 98.7 Å². The SMILES string of the molecule is NCC([O-])=NCC(=O)O.[Li+]. The monoisotopic (exact) mass is 138 g/mol. The van der Waals surface area contributed by atoms with Crippen LogP contribution in [-0.4, -0.2) is 30.1 Å². The fourth-order valence-corrected chi connectivity index (χ4v) is 0.220. The van der Waals surface area contributed by atoms with E-state index in [9.17, 15) is 9.90 Å². The van der Waals surface area contributed by atoms with Crippen LogP contribution in [0.15, 0.2) is 4.99 Å². The van der Waals surface area contributed by atoms with Gasteiger partial charge in [0.05, 0.1) is 0 Å². The third-order valence-corrected chi connectivity index (χ3v) is 0.565. The maximum absolute atomic E-state index is 10.2. The van der Waals surface area contributed by atoms with Crippen molar-refractivity contribution < 1.29 is 33.9 Å². The molecule has 0 amide bonds. The summed E-state index contributed by atoms with van der Waals surface area (Å²) >= 11 is 0. The largest absolute Gasteiger partial charge is 1.00 e. The molecule has 0 saturated carbocycles. The van der Waals surface area contributed by atoms with Crippen LogP contribution in [0.4, 0.5) is 0 Å². The fraction of sp³-hybridized carbons (Fsp3) is 0.500. The zero-order valence-electron chi connectivity index (χ0n) is 5.70. The van der Waals surface area contributed by atoms with Gasteiger partial charge >= 0.3 is 24.8 Å². The van der Waals surface area contributed by atoms with Crippen LogP contribution in [0.5, 0.6) is 0 Å². The first-order valence-corrected chi connectivity index (χ1v) is 2.29. The van der Waals surface area contributed by atoms with Crippen molar-refractivity contribution in [1.29, 1.82) is 0 Å². The van der Waals surface area contributed by atoms with Gasteiger partial charge in [-0.05, 0) is 5.90 Å². The maximum Gasteiger partial charge on any atom is 1.00 e. The van der Waals surface area contributed by atoms with Crippen molar-refractivity contribution in [2.75, 3.05) is 13.1 Å². The minimum absolute atomic E-state index is 0. The summed E-state index contributed by atoms with van der Waals surface area (Å²) in [5.41, 5.74) is 4.82. The summed E-state index contributed by atoms with van der Waals surface area (Å²) in [4.78, 5) is 12.8. The van der Waals surface area contributed by atoms with Gasteiger partial charge in [0.15, 0.2) is 0 Å². The van der Waals surface area contributed by atoms with Crippen molar-refractivity contribution in [2.24, 2.45) is 10.7 Å². The third-order valence-electron chi connectivity index (χ3n) is 0.565. The van der Waals surface area contributed by atoms with Crippen LogP contribution in [0.3, 0.4) is 0 Å². The summed E-state index contributed by atoms with van der Waals surface area (Å²) in [6.07, 6.45) is 0. The minimum atomic E-state index is -1.13. The molecule has 3 N–H and O–H groups in total. The van der Waals surface area contributed by atoms with Crippen LogP contribution in [0, 0.1) is 0 Å². The molecule has 0 saturated heterocycles. The summed E-state index contributed by atoms with van der Waals surface area (Å²) in [5, 5.41) is 18.1. The molecule has 0 aliphatic carbocycles. The number of carboxylic acid groups (broad SMARTS) is 1. The molecule has 0 aromatic rings. The molecule has 0 heterocycles. The Hall–Kier alpha value is -0.503. The molecule has 0 fully saturated rings. The molecule has 0 bridgehead atoms. The van der Waals surface area contributed by atoms with E-state index in [0.29, 0.717) is 0 Å². The van der Waals surface area contributed by atoms with Gasteiger partial charge in [0, 0.05) is 6.54 Å². The first kappa shape index (κ1) is 12.2. The summed E-state index contributed by atoms with van der Waals surface area (Å²) < 4.78 is 0. The number of rotatable bonds is 3. The second-order valence-electron chi connectivity index (χ2n) is 1.31. The zero-order valence-corrected chi connectivity index (χ0v) is 5.70. The Bertz CT molecular complexity index is 136. The molecule has 0 spiro atoms. The Morgan fingerprint density at radius 3 is 2.50 bits per heavy atom. The van der Waals surface area contributed by atoms with Gasteiger partial charge < -0.3 is 15.9 Å². The smallest absolute Gasteiger partial charge is 0.861 e. The molecule has 0 aliphatic rings. The Morgan fingerprint density at radius 2 is 2.20 bits per heavy atom. The Morgan fingerprint density at radius 1 is 1.70 bits per heavy atom. The number of nitrogens with two attached hydrogens (primary N) is 1. The van der Waals surface area contributed by atoms with Crippen LogP contribution in [0.25, 0.3) is 0 Å². The van der Waals surface area contributed by atoms with E-state index < -0.39 is 18.4 Å². The van der Waals surface area contributed by atoms with E-state index in [1.54, 1.807) is 0 Å². The number of carbonyl (C=O) groups is 1. The molecule has 0 aliphatic heterocycles.